The van der Waals surface area contributed by atoms with E-state index in [1.165, 1.54) is 19.3 Å². The van der Waals surface area contributed by atoms with Gasteiger partial charge in [-0.15, -0.1) is 0 Å². The van der Waals surface area contributed by atoms with Crippen LogP contribution in [0.25, 0.3) is 0 Å². The van der Waals surface area contributed by atoms with E-state index in [4.69, 9.17) is 9.31 Å². The second kappa shape index (κ2) is 7.16. The van der Waals surface area contributed by atoms with Crippen LogP contribution in [0.15, 0.2) is 12.1 Å². The third kappa shape index (κ3) is 5.11. The number of rotatable bonds is 5. The molecule has 0 radical (unpaired) electrons. The van der Waals surface area contributed by atoms with E-state index < -0.39 is 0 Å². The molecule has 0 aromatic heterocycles. The molecular weight excluding hydrogens is 163 g/mol. The monoisotopic (exact) mass is 182 g/mol. The van der Waals surface area contributed by atoms with Gasteiger partial charge in [0.15, 0.2) is 0 Å². The molecule has 0 aromatic carbocycles. The summed E-state index contributed by atoms with van der Waals surface area (Å²) >= 11 is 0. The quantitative estimate of drug-likeness (QED) is 0.480. The summed E-state index contributed by atoms with van der Waals surface area (Å²) in [4.78, 5) is 0. The lowest BCUT2D eigenvalue weighted by Crippen LogP contribution is -2.27. The van der Waals surface area contributed by atoms with Gasteiger partial charge in [0, 0.05) is 13.2 Å². The molecule has 1 heterocycles. The van der Waals surface area contributed by atoms with Gasteiger partial charge in [-0.3, -0.25) is 0 Å². The van der Waals surface area contributed by atoms with Crippen LogP contribution in [0.2, 0.25) is 0 Å². The van der Waals surface area contributed by atoms with Gasteiger partial charge in [0.2, 0.25) is 0 Å². The maximum Gasteiger partial charge on any atom is 0.485 e. The van der Waals surface area contributed by atoms with Crippen molar-refractivity contribution in [3.8, 4) is 0 Å². The Bertz CT molecular complexity index is 142. The average Bonchev–Trinajstić information content (AvgIpc) is 2.19. The van der Waals surface area contributed by atoms with E-state index in [2.05, 4.69) is 13.0 Å². The second-order valence-electron chi connectivity index (χ2n) is 3.39. The van der Waals surface area contributed by atoms with Crippen LogP contribution in [0.3, 0.4) is 0 Å². The second-order valence-corrected chi connectivity index (χ2v) is 3.39. The van der Waals surface area contributed by atoms with Crippen LogP contribution in [0.1, 0.15) is 39.0 Å². The van der Waals surface area contributed by atoms with Crippen LogP contribution in [0, 0.1) is 0 Å². The fourth-order valence-corrected chi connectivity index (χ4v) is 1.34. The van der Waals surface area contributed by atoms with Gasteiger partial charge >= 0.3 is 7.12 Å². The zero-order chi connectivity index (χ0) is 9.36. The van der Waals surface area contributed by atoms with Crippen molar-refractivity contribution < 1.29 is 9.31 Å². The SMILES string of the molecule is CCCCC/C=C\B1OCCCO1. The molecule has 1 saturated heterocycles. The highest BCUT2D eigenvalue weighted by molar-refractivity contribution is 6.50. The Morgan fingerprint density at radius 1 is 1.23 bits per heavy atom. The van der Waals surface area contributed by atoms with Crippen LogP contribution in [0.5, 0.6) is 0 Å². The molecule has 0 aliphatic carbocycles. The number of hydrogen-bond donors (Lipinski definition) is 0. The summed E-state index contributed by atoms with van der Waals surface area (Å²) in [6, 6.07) is 0. The van der Waals surface area contributed by atoms with Crippen LogP contribution < -0.4 is 0 Å². The van der Waals surface area contributed by atoms with Gasteiger partial charge in [-0.05, 0) is 19.3 Å². The van der Waals surface area contributed by atoms with E-state index in [0.717, 1.165) is 26.1 Å². The van der Waals surface area contributed by atoms with E-state index >= 15 is 0 Å². The largest absolute Gasteiger partial charge is 0.485 e. The fourth-order valence-electron chi connectivity index (χ4n) is 1.34. The lowest BCUT2D eigenvalue weighted by Gasteiger charge is -2.16. The summed E-state index contributed by atoms with van der Waals surface area (Å²) in [5.74, 6) is 2.04. The smallest absolute Gasteiger partial charge is 0.408 e. The normalized spacial score (nSPS) is 18.4. The van der Waals surface area contributed by atoms with Crippen molar-refractivity contribution in [3.05, 3.63) is 12.1 Å². The molecule has 1 rings (SSSR count). The first kappa shape index (κ1) is 10.8. The van der Waals surface area contributed by atoms with Crippen molar-refractivity contribution in [1.82, 2.24) is 0 Å². The van der Waals surface area contributed by atoms with Gasteiger partial charge in [-0.25, -0.2) is 0 Å². The van der Waals surface area contributed by atoms with E-state index in [1.54, 1.807) is 0 Å². The third-order valence-electron chi connectivity index (χ3n) is 2.12. The highest BCUT2D eigenvalue weighted by atomic mass is 16.6. The Hall–Kier alpha value is -0.275. The summed E-state index contributed by atoms with van der Waals surface area (Å²) in [7, 11) is -0.0737. The third-order valence-corrected chi connectivity index (χ3v) is 2.12. The van der Waals surface area contributed by atoms with E-state index in [9.17, 15) is 0 Å². The first-order chi connectivity index (χ1) is 6.43. The Morgan fingerprint density at radius 2 is 2.00 bits per heavy atom. The highest BCUT2D eigenvalue weighted by Gasteiger charge is 2.17. The predicted molar refractivity (Wildman–Crippen MR) is 55.6 cm³/mol. The Morgan fingerprint density at radius 3 is 2.69 bits per heavy atom. The van der Waals surface area contributed by atoms with Crippen LogP contribution in [-0.2, 0) is 9.31 Å². The van der Waals surface area contributed by atoms with Crippen LogP contribution >= 0.6 is 0 Å². The summed E-state index contributed by atoms with van der Waals surface area (Å²) in [6.45, 7) is 3.89. The molecule has 1 aliphatic rings. The minimum absolute atomic E-state index is 0.0737. The predicted octanol–water partition coefficient (Wildman–Crippen LogP) is 2.59. The van der Waals surface area contributed by atoms with Crippen LogP contribution in [0.4, 0.5) is 0 Å². The van der Waals surface area contributed by atoms with Crippen LogP contribution in [-0.4, -0.2) is 20.3 Å². The van der Waals surface area contributed by atoms with Gasteiger partial charge in [-0.1, -0.05) is 31.8 Å². The average molecular weight is 182 g/mol. The lowest BCUT2D eigenvalue weighted by molar-refractivity contribution is 0.142. The number of hydrogen-bond acceptors (Lipinski definition) is 2. The molecule has 0 unspecified atom stereocenters. The summed E-state index contributed by atoms with van der Waals surface area (Å²) in [5, 5.41) is 0. The molecule has 74 valence electrons. The number of allylic oxidation sites excluding steroid dienone is 1. The Kier molecular flexibility index (Phi) is 5.95. The molecule has 1 fully saturated rings. The molecule has 0 amide bonds. The molecule has 0 bridgehead atoms. The Labute approximate surface area is 81.4 Å². The Balaban J connectivity index is 2.01. The first-order valence-electron chi connectivity index (χ1n) is 5.33. The standard InChI is InChI=1S/C10H19BO2/c1-2-3-4-5-6-8-11-12-9-7-10-13-11/h6,8H,2-5,7,9-10H2,1H3/b8-6-. The van der Waals surface area contributed by atoms with E-state index in [0.29, 0.717) is 0 Å². The van der Waals surface area contributed by atoms with E-state index in [1.807, 2.05) is 5.98 Å². The highest BCUT2D eigenvalue weighted by Crippen LogP contribution is 2.04. The summed E-state index contributed by atoms with van der Waals surface area (Å²) in [5.41, 5.74) is 0. The molecular formula is C10H19BO2. The van der Waals surface area contributed by atoms with Crippen molar-refractivity contribution in [1.29, 1.82) is 0 Å². The van der Waals surface area contributed by atoms with Gasteiger partial charge < -0.3 is 9.31 Å². The van der Waals surface area contributed by atoms with Crippen molar-refractivity contribution in [3.63, 3.8) is 0 Å². The minimum Gasteiger partial charge on any atom is -0.408 e. The van der Waals surface area contributed by atoms with Crippen molar-refractivity contribution in [2.24, 2.45) is 0 Å². The van der Waals surface area contributed by atoms with Gasteiger partial charge in [0.1, 0.15) is 0 Å². The molecule has 0 saturated carbocycles. The molecule has 3 heteroatoms. The van der Waals surface area contributed by atoms with Gasteiger partial charge in [0.25, 0.3) is 0 Å². The molecule has 0 spiro atoms. The first-order valence-corrected chi connectivity index (χ1v) is 5.33. The topological polar surface area (TPSA) is 18.5 Å². The molecule has 1 aliphatic heterocycles. The van der Waals surface area contributed by atoms with Crippen molar-refractivity contribution in [2.45, 2.75) is 39.0 Å². The van der Waals surface area contributed by atoms with E-state index in [-0.39, 0.29) is 7.12 Å². The zero-order valence-corrected chi connectivity index (χ0v) is 8.50. The summed E-state index contributed by atoms with van der Waals surface area (Å²) in [6.07, 6.45) is 8.23. The molecule has 2 nitrogen and oxygen atoms in total. The molecule has 0 aromatic rings. The van der Waals surface area contributed by atoms with Crippen molar-refractivity contribution >= 4 is 7.12 Å². The fraction of sp³-hybridized carbons (Fsp3) is 0.800. The van der Waals surface area contributed by atoms with Gasteiger partial charge in [0.05, 0.1) is 0 Å². The van der Waals surface area contributed by atoms with Crippen molar-refractivity contribution in [2.75, 3.05) is 13.2 Å². The molecule has 13 heavy (non-hydrogen) atoms. The number of unbranched alkanes of at least 4 members (excludes halogenated alkanes) is 3. The van der Waals surface area contributed by atoms with Gasteiger partial charge in [-0.2, -0.15) is 0 Å². The molecule has 0 N–H and O–H groups in total. The molecule has 0 atom stereocenters. The lowest BCUT2D eigenvalue weighted by atomic mass is 9.88. The maximum absolute atomic E-state index is 5.38. The summed E-state index contributed by atoms with van der Waals surface area (Å²) < 4.78 is 10.8. The minimum atomic E-state index is -0.0737. The maximum atomic E-state index is 5.38. The zero-order valence-electron chi connectivity index (χ0n) is 8.50.